The number of benzene rings is 2. The molecule has 2 aromatic carbocycles. The van der Waals surface area contributed by atoms with Crippen molar-refractivity contribution in [2.24, 2.45) is 10.8 Å². The molecule has 2 unspecified atom stereocenters. The first-order valence-corrected chi connectivity index (χ1v) is 15.8. The van der Waals surface area contributed by atoms with Crippen molar-refractivity contribution in [3.05, 3.63) is 58.6 Å². The average molecular weight is 678 g/mol. The molecule has 1 heterocycles. The molecule has 0 fully saturated rings. The lowest BCUT2D eigenvalue weighted by atomic mass is 9.91. The lowest BCUT2D eigenvalue weighted by molar-refractivity contribution is -0.215. The molecule has 0 aliphatic carbocycles. The molecule has 0 saturated heterocycles. The Hall–Kier alpha value is -3.87. The zero-order valence-corrected chi connectivity index (χ0v) is 28.6. The van der Waals surface area contributed by atoms with Gasteiger partial charge in [0.15, 0.2) is 11.5 Å². The molecule has 0 spiro atoms. The van der Waals surface area contributed by atoms with Crippen LogP contribution in [0.5, 0.6) is 11.5 Å². The number of hydrogen-bond acceptors (Lipinski definition) is 12. The van der Waals surface area contributed by atoms with E-state index in [0.717, 1.165) is 5.56 Å². The van der Waals surface area contributed by atoms with E-state index in [1.165, 1.54) is 6.07 Å². The SMILES string of the molecule is CCC(C)(C)C(=O)OCOC(=O)C1(C(=O)OCOC(=O)C(C)(C)CC)Oc2ccc(CC(C)NCC(O)c3cccc(Cl)c3)cc2O1. The molecule has 2 N–H and O–H groups in total. The first-order valence-electron chi connectivity index (χ1n) is 15.4. The van der Waals surface area contributed by atoms with Crippen molar-refractivity contribution in [2.45, 2.75) is 85.7 Å². The van der Waals surface area contributed by atoms with Gasteiger partial charge in [0, 0.05) is 17.6 Å². The van der Waals surface area contributed by atoms with Crippen LogP contribution in [0.3, 0.4) is 0 Å². The molecule has 3 rings (SSSR count). The quantitative estimate of drug-likeness (QED) is 0.139. The van der Waals surface area contributed by atoms with E-state index in [1.54, 1.807) is 77.9 Å². The van der Waals surface area contributed by atoms with Crippen molar-refractivity contribution in [1.29, 1.82) is 0 Å². The number of carbonyl (C=O) groups excluding carboxylic acids is 4. The van der Waals surface area contributed by atoms with Crippen LogP contribution < -0.4 is 14.8 Å². The Kier molecular flexibility index (Phi) is 12.6. The average Bonchev–Trinajstić information content (AvgIpc) is 3.43. The first-order chi connectivity index (χ1) is 22.0. The summed E-state index contributed by atoms with van der Waals surface area (Å²) in [6.07, 6.45) is 0.659. The molecule has 0 radical (unpaired) electrons. The highest BCUT2D eigenvalue weighted by Gasteiger charge is 2.60. The number of fused-ring (bicyclic) bond motifs is 1. The molecule has 1 aliphatic rings. The molecule has 0 aromatic heterocycles. The van der Waals surface area contributed by atoms with Crippen LogP contribution in [0, 0.1) is 10.8 Å². The fourth-order valence-electron chi connectivity index (χ4n) is 4.14. The van der Waals surface area contributed by atoms with Gasteiger partial charge in [-0.05, 0) is 89.3 Å². The molecule has 1 aliphatic heterocycles. The summed E-state index contributed by atoms with van der Waals surface area (Å²) in [6, 6.07) is 11.7. The Bertz CT molecular complexity index is 1390. The number of nitrogens with one attached hydrogen (secondary N) is 1. The van der Waals surface area contributed by atoms with Crippen LogP contribution in [0.2, 0.25) is 5.02 Å². The highest BCUT2D eigenvalue weighted by molar-refractivity contribution is 6.30. The van der Waals surface area contributed by atoms with Gasteiger partial charge < -0.3 is 38.8 Å². The van der Waals surface area contributed by atoms with Crippen LogP contribution >= 0.6 is 11.6 Å². The highest BCUT2D eigenvalue weighted by Crippen LogP contribution is 2.41. The summed E-state index contributed by atoms with van der Waals surface area (Å²) >= 11 is 6.03. The van der Waals surface area contributed by atoms with Crippen LogP contribution in [-0.2, 0) is 44.5 Å². The monoisotopic (exact) mass is 677 g/mol. The third-order valence-corrected chi connectivity index (χ3v) is 8.36. The number of aliphatic hydroxyl groups excluding tert-OH is 1. The van der Waals surface area contributed by atoms with Gasteiger partial charge >= 0.3 is 29.7 Å². The second-order valence-corrected chi connectivity index (χ2v) is 13.1. The maximum Gasteiger partial charge on any atom is 0.453 e. The normalized spacial score (nSPS) is 14.9. The number of aliphatic hydroxyl groups is 1. The minimum Gasteiger partial charge on any atom is -0.431 e. The maximum atomic E-state index is 13.3. The topological polar surface area (TPSA) is 156 Å². The predicted octanol–water partition coefficient (Wildman–Crippen LogP) is 5.02. The minimum absolute atomic E-state index is 0.0489. The lowest BCUT2D eigenvalue weighted by Gasteiger charge is -2.24. The molecule has 47 heavy (non-hydrogen) atoms. The van der Waals surface area contributed by atoms with E-state index in [2.05, 4.69) is 5.32 Å². The van der Waals surface area contributed by atoms with Gasteiger partial charge in [-0.3, -0.25) is 9.59 Å². The smallest absolute Gasteiger partial charge is 0.431 e. The summed E-state index contributed by atoms with van der Waals surface area (Å²) < 4.78 is 31.8. The van der Waals surface area contributed by atoms with Gasteiger partial charge in [-0.25, -0.2) is 9.59 Å². The van der Waals surface area contributed by atoms with Crippen molar-refractivity contribution in [1.82, 2.24) is 5.32 Å². The van der Waals surface area contributed by atoms with Gasteiger partial charge in [0.1, 0.15) is 0 Å². The summed E-state index contributed by atoms with van der Waals surface area (Å²) in [5.74, 6) is -6.56. The van der Waals surface area contributed by atoms with E-state index >= 15 is 0 Å². The summed E-state index contributed by atoms with van der Waals surface area (Å²) in [5.41, 5.74) is -0.214. The zero-order chi connectivity index (χ0) is 35.0. The summed E-state index contributed by atoms with van der Waals surface area (Å²) in [4.78, 5) is 51.3. The second-order valence-electron chi connectivity index (χ2n) is 12.6. The molecule has 0 bridgehead atoms. The summed E-state index contributed by atoms with van der Waals surface area (Å²) in [5, 5.41) is 14.3. The van der Waals surface area contributed by atoms with Gasteiger partial charge in [-0.2, -0.15) is 0 Å². The second kappa shape index (κ2) is 15.8. The third-order valence-electron chi connectivity index (χ3n) is 8.12. The Labute approximate surface area is 279 Å². The summed E-state index contributed by atoms with van der Waals surface area (Å²) in [6.45, 7) is 10.9. The zero-order valence-electron chi connectivity index (χ0n) is 27.8. The molecule has 2 atom stereocenters. The Morgan fingerprint density at radius 2 is 1.40 bits per heavy atom. The van der Waals surface area contributed by atoms with Gasteiger partial charge in [0.2, 0.25) is 13.6 Å². The van der Waals surface area contributed by atoms with E-state index in [1.807, 2.05) is 6.92 Å². The number of ether oxygens (including phenoxy) is 6. The van der Waals surface area contributed by atoms with Gasteiger partial charge in [0.05, 0.1) is 16.9 Å². The standard InChI is InChI=1S/C34H44ClNO11/c1-8-32(4,5)28(38)42-19-44-30(40)34(31(41)45-20-43-29(39)33(6,7)9-2)46-26-14-13-22(16-27(26)47-34)15-21(3)36-18-25(37)23-11-10-12-24(35)17-23/h10-14,16-17,21,25,36-37H,8-9,15,18-20H2,1-7H3. The van der Waals surface area contributed by atoms with E-state index in [-0.39, 0.29) is 24.1 Å². The fourth-order valence-corrected chi connectivity index (χ4v) is 4.34. The van der Waals surface area contributed by atoms with E-state index in [0.29, 0.717) is 29.8 Å². The number of halogens is 1. The molecule has 12 nitrogen and oxygen atoms in total. The van der Waals surface area contributed by atoms with Crippen LogP contribution in [0.4, 0.5) is 0 Å². The van der Waals surface area contributed by atoms with Crippen LogP contribution in [-0.4, -0.2) is 60.9 Å². The van der Waals surface area contributed by atoms with Crippen molar-refractivity contribution in [3.63, 3.8) is 0 Å². The molecule has 13 heteroatoms. The molecule has 0 saturated carbocycles. The molecular formula is C34H44ClNO11. The number of carbonyl (C=O) groups is 4. The third kappa shape index (κ3) is 9.59. The maximum absolute atomic E-state index is 13.3. The Morgan fingerprint density at radius 1 is 0.851 bits per heavy atom. The molecular weight excluding hydrogens is 634 g/mol. The van der Waals surface area contributed by atoms with Crippen molar-refractivity contribution >= 4 is 35.5 Å². The number of rotatable bonds is 16. The Morgan fingerprint density at radius 3 is 1.94 bits per heavy atom. The molecule has 0 amide bonds. The van der Waals surface area contributed by atoms with E-state index in [9.17, 15) is 24.3 Å². The van der Waals surface area contributed by atoms with Gasteiger partial charge in [-0.15, -0.1) is 0 Å². The van der Waals surface area contributed by atoms with Crippen LogP contribution in [0.1, 0.15) is 78.5 Å². The van der Waals surface area contributed by atoms with Crippen LogP contribution in [0.15, 0.2) is 42.5 Å². The minimum atomic E-state index is -2.76. The van der Waals surface area contributed by atoms with Crippen molar-refractivity contribution in [3.8, 4) is 11.5 Å². The van der Waals surface area contributed by atoms with Gasteiger partial charge in [-0.1, -0.05) is 43.6 Å². The molecule has 2 aromatic rings. The number of esters is 4. The van der Waals surface area contributed by atoms with Crippen molar-refractivity contribution < 1.29 is 52.7 Å². The number of hydrogen-bond donors (Lipinski definition) is 2. The van der Waals surface area contributed by atoms with E-state index < -0.39 is 60.2 Å². The fraction of sp³-hybridized carbons (Fsp3) is 0.529. The van der Waals surface area contributed by atoms with Crippen molar-refractivity contribution in [2.75, 3.05) is 20.1 Å². The largest absolute Gasteiger partial charge is 0.453 e. The first kappa shape index (κ1) is 37.6. The lowest BCUT2D eigenvalue weighted by Crippen LogP contribution is -2.56. The van der Waals surface area contributed by atoms with Gasteiger partial charge in [0.25, 0.3) is 0 Å². The predicted molar refractivity (Wildman–Crippen MR) is 170 cm³/mol. The molecule has 258 valence electrons. The Balaban J connectivity index is 1.71. The summed E-state index contributed by atoms with van der Waals surface area (Å²) in [7, 11) is 0. The van der Waals surface area contributed by atoms with Crippen LogP contribution in [0.25, 0.3) is 0 Å². The van der Waals surface area contributed by atoms with E-state index in [4.69, 9.17) is 40.0 Å². The highest BCUT2D eigenvalue weighted by atomic mass is 35.5.